The van der Waals surface area contributed by atoms with Gasteiger partial charge in [-0.25, -0.2) is 0 Å². The van der Waals surface area contributed by atoms with Gasteiger partial charge in [-0.1, -0.05) is 50.6 Å². The van der Waals surface area contributed by atoms with Crippen LogP contribution in [0.4, 0.5) is 0 Å². The molecule has 1 nitrogen and oxygen atoms in total. The lowest BCUT2D eigenvalue weighted by Crippen LogP contribution is -2.41. The molecule has 0 bridgehead atoms. The third kappa shape index (κ3) is 5.00. The Balaban J connectivity index is 2.03. The Hall–Kier alpha value is -0.530. The second-order valence-corrected chi connectivity index (χ2v) is 7.76. The maximum absolute atomic E-state index is 6.36. The van der Waals surface area contributed by atoms with Crippen LogP contribution in [-0.2, 0) is 6.42 Å². The molecule has 1 aromatic carbocycles. The summed E-state index contributed by atoms with van der Waals surface area (Å²) in [5, 5.41) is 4.70. The molecule has 1 unspecified atom stereocenters. The normalized spacial score (nSPS) is 20.4. The maximum atomic E-state index is 6.36. The van der Waals surface area contributed by atoms with Gasteiger partial charge in [0, 0.05) is 11.1 Å². The molecule has 118 valence electrons. The van der Waals surface area contributed by atoms with Gasteiger partial charge in [0.1, 0.15) is 0 Å². The van der Waals surface area contributed by atoms with Crippen LogP contribution < -0.4 is 5.32 Å². The molecule has 2 rings (SSSR count). The number of halogens is 1. The van der Waals surface area contributed by atoms with Gasteiger partial charge < -0.3 is 5.32 Å². The largest absolute Gasteiger partial charge is 0.313 e. The van der Waals surface area contributed by atoms with Crippen LogP contribution in [0, 0.1) is 11.3 Å². The van der Waals surface area contributed by atoms with Gasteiger partial charge in [-0.2, -0.15) is 0 Å². The fraction of sp³-hybridized carbons (Fsp3) is 0.684. The number of hydrogen-bond acceptors (Lipinski definition) is 1. The van der Waals surface area contributed by atoms with E-state index in [9.17, 15) is 0 Å². The van der Waals surface area contributed by atoms with Crippen molar-refractivity contribution in [3.8, 4) is 0 Å². The summed E-state index contributed by atoms with van der Waals surface area (Å²) >= 11 is 6.36. The SMILES string of the molecule is CCCNC(Cc1ccccc1Cl)C1CCC(C)(C)CC1. The minimum Gasteiger partial charge on any atom is -0.313 e. The summed E-state index contributed by atoms with van der Waals surface area (Å²) in [4.78, 5) is 0. The van der Waals surface area contributed by atoms with Crippen molar-refractivity contribution in [3.05, 3.63) is 34.9 Å². The second kappa shape index (κ2) is 7.65. The van der Waals surface area contributed by atoms with Crippen molar-refractivity contribution >= 4 is 11.6 Å². The standard InChI is InChI=1S/C19H30ClN/c1-4-13-21-18(14-16-7-5-6-8-17(16)20)15-9-11-19(2,3)12-10-15/h5-8,15,18,21H,4,9-14H2,1-3H3. The van der Waals surface area contributed by atoms with Gasteiger partial charge in [-0.15, -0.1) is 0 Å². The van der Waals surface area contributed by atoms with Crippen molar-refractivity contribution in [2.75, 3.05) is 6.54 Å². The lowest BCUT2D eigenvalue weighted by atomic mass is 9.70. The van der Waals surface area contributed by atoms with Crippen LogP contribution in [0.5, 0.6) is 0 Å². The second-order valence-electron chi connectivity index (χ2n) is 7.36. The summed E-state index contributed by atoms with van der Waals surface area (Å²) in [6, 6.07) is 8.87. The average Bonchev–Trinajstić information content (AvgIpc) is 2.46. The third-order valence-electron chi connectivity index (χ3n) is 5.01. The summed E-state index contributed by atoms with van der Waals surface area (Å²) in [5.74, 6) is 0.792. The molecule has 0 radical (unpaired) electrons. The van der Waals surface area contributed by atoms with Crippen molar-refractivity contribution in [2.45, 2.75) is 65.3 Å². The van der Waals surface area contributed by atoms with E-state index in [2.05, 4.69) is 38.2 Å². The Morgan fingerprint density at radius 1 is 1.24 bits per heavy atom. The Bertz CT molecular complexity index is 431. The van der Waals surface area contributed by atoms with Gasteiger partial charge in [0.2, 0.25) is 0 Å². The first-order valence-corrected chi connectivity index (χ1v) is 8.86. The zero-order valence-corrected chi connectivity index (χ0v) is 14.5. The summed E-state index contributed by atoms with van der Waals surface area (Å²) in [6.07, 6.45) is 7.65. The van der Waals surface area contributed by atoms with E-state index in [0.717, 1.165) is 23.9 Å². The number of nitrogens with one attached hydrogen (secondary N) is 1. The zero-order valence-electron chi connectivity index (χ0n) is 13.8. The first-order chi connectivity index (χ1) is 10.0. The maximum Gasteiger partial charge on any atom is 0.0438 e. The quantitative estimate of drug-likeness (QED) is 0.735. The van der Waals surface area contributed by atoms with Crippen molar-refractivity contribution in [1.82, 2.24) is 5.32 Å². The molecule has 2 heteroatoms. The summed E-state index contributed by atoms with van der Waals surface area (Å²) in [5.41, 5.74) is 1.83. The van der Waals surface area contributed by atoms with Crippen LogP contribution in [0.3, 0.4) is 0 Å². The van der Waals surface area contributed by atoms with Crippen LogP contribution in [0.25, 0.3) is 0 Å². The molecular weight excluding hydrogens is 278 g/mol. The smallest absolute Gasteiger partial charge is 0.0438 e. The molecule has 21 heavy (non-hydrogen) atoms. The summed E-state index contributed by atoms with van der Waals surface area (Å²) in [6.45, 7) is 8.16. The van der Waals surface area contributed by atoms with Gasteiger partial charge in [-0.05, 0) is 68.0 Å². The average molecular weight is 308 g/mol. The van der Waals surface area contributed by atoms with Crippen LogP contribution in [0.2, 0.25) is 5.02 Å². The molecule has 0 aliphatic heterocycles. The Labute approximate surface area is 135 Å². The zero-order chi connectivity index (χ0) is 15.3. The van der Waals surface area contributed by atoms with Crippen molar-refractivity contribution < 1.29 is 0 Å². The monoisotopic (exact) mass is 307 g/mol. The van der Waals surface area contributed by atoms with E-state index in [4.69, 9.17) is 11.6 Å². The topological polar surface area (TPSA) is 12.0 Å². The van der Waals surface area contributed by atoms with Crippen molar-refractivity contribution in [3.63, 3.8) is 0 Å². The third-order valence-corrected chi connectivity index (χ3v) is 5.38. The summed E-state index contributed by atoms with van der Waals surface area (Å²) < 4.78 is 0. The van der Waals surface area contributed by atoms with Gasteiger partial charge in [-0.3, -0.25) is 0 Å². The minimum atomic E-state index is 0.538. The molecule has 0 saturated heterocycles. The molecule has 1 aromatic rings. The predicted molar refractivity (Wildman–Crippen MR) is 93.0 cm³/mol. The highest BCUT2D eigenvalue weighted by Gasteiger charge is 2.31. The molecule has 0 spiro atoms. The molecule has 1 saturated carbocycles. The fourth-order valence-corrected chi connectivity index (χ4v) is 3.67. The first-order valence-electron chi connectivity index (χ1n) is 8.48. The summed E-state index contributed by atoms with van der Waals surface area (Å²) in [7, 11) is 0. The first kappa shape index (κ1) is 16.8. The lowest BCUT2D eigenvalue weighted by Gasteiger charge is -2.38. The molecule has 1 aliphatic carbocycles. The highest BCUT2D eigenvalue weighted by atomic mass is 35.5. The van der Waals surface area contributed by atoms with Crippen LogP contribution >= 0.6 is 11.6 Å². The number of benzene rings is 1. The van der Waals surface area contributed by atoms with E-state index in [-0.39, 0.29) is 0 Å². The molecule has 1 N–H and O–H groups in total. The van der Waals surface area contributed by atoms with E-state index in [1.807, 2.05) is 12.1 Å². The van der Waals surface area contributed by atoms with E-state index in [1.54, 1.807) is 0 Å². The molecular formula is C19H30ClN. The van der Waals surface area contributed by atoms with Gasteiger partial charge in [0.05, 0.1) is 0 Å². The van der Waals surface area contributed by atoms with Crippen LogP contribution in [0.15, 0.2) is 24.3 Å². The van der Waals surface area contributed by atoms with E-state index in [0.29, 0.717) is 11.5 Å². The van der Waals surface area contributed by atoms with Gasteiger partial charge in [0.15, 0.2) is 0 Å². The van der Waals surface area contributed by atoms with Crippen molar-refractivity contribution in [2.24, 2.45) is 11.3 Å². The van der Waals surface area contributed by atoms with Crippen LogP contribution in [-0.4, -0.2) is 12.6 Å². The minimum absolute atomic E-state index is 0.538. The highest BCUT2D eigenvalue weighted by molar-refractivity contribution is 6.31. The van der Waals surface area contributed by atoms with Crippen LogP contribution in [0.1, 0.15) is 58.4 Å². The molecule has 0 heterocycles. The molecule has 1 aliphatic rings. The van der Waals surface area contributed by atoms with E-state index >= 15 is 0 Å². The fourth-order valence-electron chi connectivity index (χ4n) is 3.46. The molecule has 0 amide bonds. The molecule has 1 atom stereocenters. The molecule has 0 aromatic heterocycles. The number of hydrogen-bond donors (Lipinski definition) is 1. The van der Waals surface area contributed by atoms with E-state index < -0.39 is 0 Å². The Morgan fingerprint density at radius 3 is 2.52 bits per heavy atom. The van der Waals surface area contributed by atoms with E-state index in [1.165, 1.54) is 37.7 Å². The Morgan fingerprint density at radius 2 is 1.90 bits per heavy atom. The lowest BCUT2D eigenvalue weighted by molar-refractivity contribution is 0.160. The highest BCUT2D eigenvalue weighted by Crippen LogP contribution is 2.39. The van der Waals surface area contributed by atoms with Crippen molar-refractivity contribution in [1.29, 1.82) is 0 Å². The Kier molecular flexibility index (Phi) is 6.13. The molecule has 1 fully saturated rings. The number of rotatable bonds is 6. The van der Waals surface area contributed by atoms with Gasteiger partial charge in [0.25, 0.3) is 0 Å². The predicted octanol–water partition coefficient (Wildman–Crippen LogP) is 5.47. The van der Waals surface area contributed by atoms with Gasteiger partial charge >= 0.3 is 0 Å².